The van der Waals surface area contributed by atoms with Gasteiger partial charge in [-0.3, -0.25) is 14.5 Å². The highest BCUT2D eigenvalue weighted by Crippen LogP contribution is 2.26. The minimum atomic E-state index is -0.155. The van der Waals surface area contributed by atoms with Crippen LogP contribution in [0.2, 0.25) is 5.02 Å². The molecule has 0 atom stereocenters. The first-order chi connectivity index (χ1) is 12.9. The van der Waals surface area contributed by atoms with E-state index >= 15 is 0 Å². The number of amides is 2. The van der Waals surface area contributed by atoms with Crippen molar-refractivity contribution in [2.75, 3.05) is 11.4 Å². The molecule has 0 unspecified atom stereocenters. The summed E-state index contributed by atoms with van der Waals surface area (Å²) in [5, 5.41) is 3.50. The summed E-state index contributed by atoms with van der Waals surface area (Å²) in [4.78, 5) is 31.0. The van der Waals surface area contributed by atoms with E-state index in [2.05, 4.69) is 10.3 Å². The third-order valence-corrected chi connectivity index (χ3v) is 4.78. The maximum Gasteiger partial charge on any atom is 0.251 e. The van der Waals surface area contributed by atoms with Crippen LogP contribution < -0.4 is 10.2 Å². The molecule has 1 aromatic heterocycles. The Morgan fingerprint density at radius 3 is 2.70 bits per heavy atom. The van der Waals surface area contributed by atoms with Gasteiger partial charge in [-0.15, -0.1) is 0 Å². The van der Waals surface area contributed by atoms with E-state index in [4.69, 9.17) is 11.6 Å². The van der Waals surface area contributed by atoms with Gasteiger partial charge in [-0.05, 0) is 60.2 Å². The molecule has 142 valence electrons. The molecule has 0 fully saturated rings. The molecule has 2 amide bonds. The molecule has 0 saturated carbocycles. The van der Waals surface area contributed by atoms with Crippen molar-refractivity contribution in [1.29, 1.82) is 0 Å². The fourth-order valence-corrected chi connectivity index (χ4v) is 3.32. The van der Waals surface area contributed by atoms with Crippen LogP contribution >= 0.6 is 11.6 Å². The number of carbonyl (C=O) groups excluding carboxylic acids is 2. The largest absolute Gasteiger partial charge is 0.348 e. The average molecular weight is 386 g/mol. The lowest BCUT2D eigenvalue weighted by Crippen LogP contribution is -2.37. The number of nitrogens with zero attached hydrogens (tertiary/aromatic N) is 2. The summed E-state index contributed by atoms with van der Waals surface area (Å²) < 4.78 is 0. The van der Waals surface area contributed by atoms with Crippen LogP contribution in [0.3, 0.4) is 0 Å². The molecule has 0 aliphatic carbocycles. The second kappa shape index (κ2) is 8.53. The second-order valence-corrected chi connectivity index (χ2v) is 7.70. The lowest BCUT2D eigenvalue weighted by molar-refractivity contribution is -0.119. The topological polar surface area (TPSA) is 62.3 Å². The Balaban J connectivity index is 1.67. The highest BCUT2D eigenvalue weighted by Gasteiger charge is 2.24. The number of hydrogen-bond donors (Lipinski definition) is 1. The quantitative estimate of drug-likeness (QED) is 0.846. The first-order valence-corrected chi connectivity index (χ1v) is 9.63. The van der Waals surface area contributed by atoms with Crippen molar-refractivity contribution in [2.45, 2.75) is 39.7 Å². The van der Waals surface area contributed by atoms with Gasteiger partial charge in [-0.2, -0.15) is 0 Å². The summed E-state index contributed by atoms with van der Waals surface area (Å²) in [7, 11) is 0. The Bertz CT molecular complexity index is 834. The summed E-state index contributed by atoms with van der Waals surface area (Å²) in [6.07, 6.45) is 4.09. The maximum atomic E-state index is 12.5. The summed E-state index contributed by atoms with van der Waals surface area (Å²) >= 11 is 5.85. The number of pyridine rings is 1. The zero-order valence-corrected chi connectivity index (χ0v) is 16.4. The molecule has 1 aliphatic rings. The SMILES string of the molecule is CC(C)CC(=O)N1CCCc2cc(CNC(=O)c3ccc(Cl)cc3)cnc21. The number of carbonyl (C=O) groups is 2. The van der Waals surface area contributed by atoms with Gasteiger partial charge in [-0.25, -0.2) is 4.98 Å². The fraction of sp³-hybridized carbons (Fsp3) is 0.381. The van der Waals surface area contributed by atoms with Crippen molar-refractivity contribution >= 4 is 29.2 Å². The van der Waals surface area contributed by atoms with Crippen molar-refractivity contribution in [1.82, 2.24) is 10.3 Å². The molecule has 0 saturated heterocycles. The molecular formula is C21H24ClN3O2. The van der Waals surface area contributed by atoms with E-state index in [9.17, 15) is 9.59 Å². The van der Waals surface area contributed by atoms with Gasteiger partial charge in [-0.1, -0.05) is 25.4 Å². The molecule has 0 radical (unpaired) electrons. The van der Waals surface area contributed by atoms with Crippen LogP contribution in [0.1, 0.15) is 48.2 Å². The first kappa shape index (κ1) is 19.4. The Labute approximate surface area is 164 Å². The molecule has 27 heavy (non-hydrogen) atoms. The van der Waals surface area contributed by atoms with E-state index in [0.717, 1.165) is 36.3 Å². The lowest BCUT2D eigenvalue weighted by atomic mass is 10.0. The molecule has 5 nitrogen and oxygen atoms in total. The number of aromatic nitrogens is 1. The number of rotatable bonds is 5. The second-order valence-electron chi connectivity index (χ2n) is 7.26. The van der Waals surface area contributed by atoms with Crippen molar-refractivity contribution in [3.05, 3.63) is 58.2 Å². The number of halogens is 1. The van der Waals surface area contributed by atoms with Gasteiger partial charge < -0.3 is 5.32 Å². The van der Waals surface area contributed by atoms with Crippen LogP contribution in [0.15, 0.2) is 36.5 Å². The predicted octanol–water partition coefficient (Wildman–Crippen LogP) is 3.99. The number of hydrogen-bond acceptors (Lipinski definition) is 3. The van der Waals surface area contributed by atoms with Crippen LogP contribution in [0, 0.1) is 5.92 Å². The maximum absolute atomic E-state index is 12.5. The monoisotopic (exact) mass is 385 g/mol. The Morgan fingerprint density at radius 2 is 2.00 bits per heavy atom. The Hall–Kier alpha value is -2.40. The standard InChI is InChI=1S/C21H24ClN3O2/c1-14(2)10-19(26)25-9-3-4-17-11-15(12-23-20(17)25)13-24-21(27)16-5-7-18(22)8-6-16/h5-8,11-12,14H,3-4,9-10,13H2,1-2H3,(H,24,27). The zero-order chi connectivity index (χ0) is 19.4. The van der Waals surface area contributed by atoms with E-state index in [1.165, 1.54) is 0 Å². The first-order valence-electron chi connectivity index (χ1n) is 9.26. The molecule has 1 aliphatic heterocycles. The van der Waals surface area contributed by atoms with E-state index in [-0.39, 0.29) is 11.8 Å². The molecule has 2 heterocycles. The normalized spacial score (nSPS) is 13.4. The van der Waals surface area contributed by atoms with Crippen molar-refractivity contribution < 1.29 is 9.59 Å². The summed E-state index contributed by atoms with van der Waals surface area (Å²) in [6.45, 7) is 5.20. The fourth-order valence-electron chi connectivity index (χ4n) is 3.20. The van der Waals surface area contributed by atoms with E-state index < -0.39 is 0 Å². The average Bonchev–Trinajstić information content (AvgIpc) is 2.65. The molecule has 6 heteroatoms. The van der Waals surface area contributed by atoms with Crippen molar-refractivity contribution in [3.8, 4) is 0 Å². The summed E-state index contributed by atoms with van der Waals surface area (Å²) in [6, 6.07) is 8.82. The van der Waals surface area contributed by atoms with Crippen LogP contribution in [0.4, 0.5) is 5.82 Å². The smallest absolute Gasteiger partial charge is 0.251 e. The van der Waals surface area contributed by atoms with Gasteiger partial charge in [0, 0.05) is 36.3 Å². The molecular weight excluding hydrogens is 362 g/mol. The lowest BCUT2D eigenvalue weighted by Gasteiger charge is -2.29. The van der Waals surface area contributed by atoms with E-state index in [1.54, 1.807) is 35.4 Å². The van der Waals surface area contributed by atoms with Gasteiger partial charge >= 0.3 is 0 Å². The van der Waals surface area contributed by atoms with Crippen LogP contribution in [0.25, 0.3) is 0 Å². The predicted molar refractivity (Wildman–Crippen MR) is 107 cm³/mol. The van der Waals surface area contributed by atoms with Crippen LogP contribution in [-0.4, -0.2) is 23.3 Å². The van der Waals surface area contributed by atoms with Gasteiger partial charge in [0.05, 0.1) is 0 Å². The third-order valence-electron chi connectivity index (χ3n) is 4.53. The summed E-state index contributed by atoms with van der Waals surface area (Å²) in [5.41, 5.74) is 2.56. The number of benzene rings is 1. The molecule has 3 rings (SSSR count). The minimum Gasteiger partial charge on any atom is -0.348 e. The van der Waals surface area contributed by atoms with Crippen molar-refractivity contribution in [3.63, 3.8) is 0 Å². The van der Waals surface area contributed by atoms with E-state index in [0.29, 0.717) is 29.5 Å². The third kappa shape index (κ3) is 4.86. The Morgan fingerprint density at radius 1 is 1.26 bits per heavy atom. The number of nitrogens with one attached hydrogen (secondary N) is 1. The summed E-state index contributed by atoms with van der Waals surface area (Å²) in [5.74, 6) is 1.06. The number of fused-ring (bicyclic) bond motifs is 1. The van der Waals surface area contributed by atoms with Crippen LogP contribution in [-0.2, 0) is 17.8 Å². The van der Waals surface area contributed by atoms with Gasteiger partial charge in [0.25, 0.3) is 5.91 Å². The zero-order valence-electron chi connectivity index (χ0n) is 15.7. The van der Waals surface area contributed by atoms with Gasteiger partial charge in [0.2, 0.25) is 5.91 Å². The number of aryl methyl sites for hydroxylation is 1. The van der Waals surface area contributed by atoms with Gasteiger partial charge in [0.15, 0.2) is 0 Å². The molecule has 0 spiro atoms. The molecule has 1 aromatic carbocycles. The molecule has 1 N–H and O–H groups in total. The molecule has 2 aromatic rings. The van der Waals surface area contributed by atoms with E-state index in [1.807, 2.05) is 19.9 Å². The number of anilines is 1. The highest BCUT2D eigenvalue weighted by molar-refractivity contribution is 6.30. The highest BCUT2D eigenvalue weighted by atomic mass is 35.5. The van der Waals surface area contributed by atoms with Gasteiger partial charge in [0.1, 0.15) is 5.82 Å². The van der Waals surface area contributed by atoms with Crippen molar-refractivity contribution in [2.24, 2.45) is 5.92 Å². The Kier molecular flexibility index (Phi) is 6.11. The minimum absolute atomic E-state index is 0.127. The molecule has 0 bridgehead atoms. The van der Waals surface area contributed by atoms with Crippen LogP contribution in [0.5, 0.6) is 0 Å².